The number of sulfone groups is 1. The van der Waals surface area contributed by atoms with Crippen molar-refractivity contribution in [3.63, 3.8) is 0 Å². The lowest BCUT2D eigenvalue weighted by Gasteiger charge is -2.15. The van der Waals surface area contributed by atoms with Gasteiger partial charge in [0.25, 0.3) is 0 Å². The van der Waals surface area contributed by atoms with E-state index in [2.05, 4.69) is 15.5 Å². The molecule has 1 aromatic heterocycles. The summed E-state index contributed by atoms with van der Waals surface area (Å²) in [7, 11) is -1.26. The van der Waals surface area contributed by atoms with E-state index in [9.17, 15) is 17.6 Å². The smallest absolute Gasteiger partial charge is 0.233 e. The number of carbonyl (C=O) groups is 1. The van der Waals surface area contributed by atoms with Crippen LogP contribution in [0.1, 0.15) is 13.3 Å². The van der Waals surface area contributed by atoms with Crippen molar-refractivity contribution in [2.75, 3.05) is 11.5 Å². The van der Waals surface area contributed by atoms with Gasteiger partial charge in [-0.1, -0.05) is 11.8 Å². The zero-order valence-electron chi connectivity index (χ0n) is 14.3. The summed E-state index contributed by atoms with van der Waals surface area (Å²) in [5.74, 6) is 0.119. The second kappa shape index (κ2) is 7.36. The standard InChI is InChI=1S/C16H19FN4O3S2/c1-10(15(22)18-13-7-8-26(23,24)9-13)25-16-20-19-14(21(16)2)11-3-5-12(17)6-4-11/h3-6,10,13H,7-9H2,1-2H3,(H,18,22)/t10-,13-/m1/s1. The summed E-state index contributed by atoms with van der Waals surface area (Å²) >= 11 is 1.23. The summed E-state index contributed by atoms with van der Waals surface area (Å²) < 4.78 is 37.8. The van der Waals surface area contributed by atoms with Crippen molar-refractivity contribution in [2.45, 2.75) is 29.8 Å². The maximum absolute atomic E-state index is 13.1. The summed E-state index contributed by atoms with van der Waals surface area (Å²) in [5, 5.41) is 11.1. The summed E-state index contributed by atoms with van der Waals surface area (Å²) in [6.45, 7) is 1.73. The minimum Gasteiger partial charge on any atom is -0.351 e. The third kappa shape index (κ3) is 4.24. The van der Waals surface area contributed by atoms with Crippen LogP contribution < -0.4 is 5.32 Å². The van der Waals surface area contributed by atoms with Crippen LogP contribution in [0.3, 0.4) is 0 Å². The average Bonchev–Trinajstić information content (AvgIpc) is 3.11. The Balaban J connectivity index is 1.65. The van der Waals surface area contributed by atoms with Gasteiger partial charge >= 0.3 is 0 Å². The van der Waals surface area contributed by atoms with E-state index in [4.69, 9.17) is 0 Å². The zero-order chi connectivity index (χ0) is 18.9. The SMILES string of the molecule is C[C@@H](Sc1nnc(-c2ccc(F)cc2)n1C)C(=O)N[C@@H]1CCS(=O)(=O)C1. The van der Waals surface area contributed by atoms with Crippen LogP contribution in [0, 0.1) is 5.82 Å². The van der Waals surface area contributed by atoms with Gasteiger partial charge in [-0.05, 0) is 37.6 Å². The summed E-state index contributed by atoms with van der Waals surface area (Å²) in [5.41, 5.74) is 0.724. The fourth-order valence-corrected chi connectivity index (χ4v) is 5.20. The molecule has 7 nitrogen and oxygen atoms in total. The number of thioether (sulfide) groups is 1. The first kappa shape index (κ1) is 18.8. The Morgan fingerprint density at radius 3 is 2.65 bits per heavy atom. The van der Waals surface area contributed by atoms with E-state index in [0.29, 0.717) is 17.4 Å². The van der Waals surface area contributed by atoms with E-state index in [1.807, 2.05) is 0 Å². The summed E-state index contributed by atoms with van der Waals surface area (Å²) in [6, 6.07) is 5.60. The molecule has 2 aromatic rings. The van der Waals surface area contributed by atoms with Crippen molar-refractivity contribution < 1.29 is 17.6 Å². The number of hydrogen-bond acceptors (Lipinski definition) is 6. The van der Waals surface area contributed by atoms with E-state index in [1.165, 1.54) is 23.9 Å². The maximum atomic E-state index is 13.1. The Morgan fingerprint density at radius 1 is 1.35 bits per heavy atom. The van der Waals surface area contributed by atoms with E-state index in [-0.39, 0.29) is 29.3 Å². The first-order chi connectivity index (χ1) is 12.2. The molecule has 2 atom stereocenters. The van der Waals surface area contributed by atoms with Crippen LogP contribution in [-0.2, 0) is 21.7 Å². The Bertz CT molecular complexity index is 912. The highest BCUT2D eigenvalue weighted by atomic mass is 32.2. The van der Waals surface area contributed by atoms with Gasteiger partial charge in [0, 0.05) is 18.7 Å². The predicted octanol–water partition coefficient (Wildman–Crippen LogP) is 1.41. The number of carbonyl (C=O) groups excluding carboxylic acids is 1. The number of hydrogen-bond donors (Lipinski definition) is 1. The molecular formula is C16H19FN4O3S2. The molecule has 0 radical (unpaired) electrons. The molecule has 1 aliphatic rings. The number of rotatable bonds is 5. The van der Waals surface area contributed by atoms with Gasteiger partial charge in [-0.2, -0.15) is 0 Å². The highest BCUT2D eigenvalue weighted by Crippen LogP contribution is 2.26. The third-order valence-electron chi connectivity index (χ3n) is 4.17. The normalized spacial score (nSPS) is 20.0. The van der Waals surface area contributed by atoms with Crippen LogP contribution in [0.25, 0.3) is 11.4 Å². The van der Waals surface area contributed by atoms with Crippen molar-refractivity contribution in [2.24, 2.45) is 7.05 Å². The molecule has 0 bridgehead atoms. The first-order valence-electron chi connectivity index (χ1n) is 8.08. The molecule has 26 heavy (non-hydrogen) atoms. The van der Waals surface area contributed by atoms with E-state index < -0.39 is 15.1 Å². The molecule has 140 valence electrons. The largest absolute Gasteiger partial charge is 0.351 e. The van der Waals surface area contributed by atoms with Crippen LogP contribution in [0.2, 0.25) is 0 Å². The molecule has 1 N–H and O–H groups in total. The quantitative estimate of drug-likeness (QED) is 0.766. The van der Waals surface area contributed by atoms with Gasteiger partial charge in [0.1, 0.15) is 5.82 Å². The predicted molar refractivity (Wildman–Crippen MR) is 96.9 cm³/mol. The van der Waals surface area contributed by atoms with Crippen molar-refractivity contribution >= 4 is 27.5 Å². The van der Waals surface area contributed by atoms with Crippen molar-refractivity contribution in [1.29, 1.82) is 0 Å². The molecule has 10 heteroatoms. The monoisotopic (exact) mass is 398 g/mol. The molecule has 0 spiro atoms. The van der Waals surface area contributed by atoms with Crippen LogP contribution >= 0.6 is 11.8 Å². The highest BCUT2D eigenvalue weighted by Gasteiger charge is 2.30. The maximum Gasteiger partial charge on any atom is 0.233 e. The number of nitrogens with zero attached hydrogens (tertiary/aromatic N) is 3. The van der Waals surface area contributed by atoms with Gasteiger partial charge in [0.05, 0.1) is 16.8 Å². The van der Waals surface area contributed by atoms with E-state index in [1.54, 1.807) is 30.7 Å². The highest BCUT2D eigenvalue weighted by molar-refractivity contribution is 8.00. The Labute approximate surface area is 155 Å². The fourth-order valence-electron chi connectivity index (χ4n) is 2.71. The first-order valence-corrected chi connectivity index (χ1v) is 10.8. The number of amides is 1. The Hall–Kier alpha value is -1.94. The van der Waals surface area contributed by atoms with Gasteiger partial charge in [-0.25, -0.2) is 12.8 Å². The lowest BCUT2D eigenvalue weighted by molar-refractivity contribution is -0.120. The molecule has 0 unspecified atom stereocenters. The minimum absolute atomic E-state index is 0.00516. The summed E-state index contributed by atoms with van der Waals surface area (Å²) in [6.07, 6.45) is 0.449. The molecule has 1 saturated heterocycles. The molecule has 1 aromatic carbocycles. The Kier molecular flexibility index (Phi) is 5.33. The van der Waals surface area contributed by atoms with Crippen LogP contribution in [-0.4, -0.2) is 51.9 Å². The molecule has 1 aliphatic heterocycles. The fraction of sp³-hybridized carbons (Fsp3) is 0.438. The van der Waals surface area contributed by atoms with Gasteiger partial charge in [0.15, 0.2) is 20.8 Å². The van der Waals surface area contributed by atoms with Crippen molar-refractivity contribution in [3.8, 4) is 11.4 Å². The van der Waals surface area contributed by atoms with Crippen LogP contribution in [0.15, 0.2) is 29.4 Å². The average molecular weight is 398 g/mol. The zero-order valence-corrected chi connectivity index (χ0v) is 16.0. The topological polar surface area (TPSA) is 93.9 Å². The van der Waals surface area contributed by atoms with Crippen LogP contribution in [0.5, 0.6) is 0 Å². The third-order valence-corrected chi connectivity index (χ3v) is 7.07. The second-order valence-electron chi connectivity index (χ2n) is 6.24. The number of nitrogens with one attached hydrogen (secondary N) is 1. The molecule has 2 heterocycles. The molecule has 1 amide bonds. The van der Waals surface area contributed by atoms with Gasteiger partial charge in [-0.15, -0.1) is 10.2 Å². The minimum atomic E-state index is -3.04. The molecule has 0 aliphatic carbocycles. The number of benzene rings is 1. The summed E-state index contributed by atoms with van der Waals surface area (Å²) in [4.78, 5) is 12.3. The van der Waals surface area contributed by atoms with Crippen molar-refractivity contribution in [3.05, 3.63) is 30.1 Å². The van der Waals surface area contributed by atoms with Gasteiger partial charge in [0.2, 0.25) is 5.91 Å². The molecule has 1 fully saturated rings. The number of halogens is 1. The number of aromatic nitrogens is 3. The Morgan fingerprint density at radius 2 is 2.04 bits per heavy atom. The van der Waals surface area contributed by atoms with E-state index in [0.717, 1.165) is 5.56 Å². The molecule has 3 rings (SSSR count). The second-order valence-corrected chi connectivity index (χ2v) is 9.78. The molecule has 0 saturated carbocycles. The van der Waals surface area contributed by atoms with E-state index >= 15 is 0 Å². The van der Waals surface area contributed by atoms with Crippen molar-refractivity contribution in [1.82, 2.24) is 20.1 Å². The van der Waals surface area contributed by atoms with Crippen LogP contribution in [0.4, 0.5) is 4.39 Å². The lowest BCUT2D eigenvalue weighted by atomic mass is 10.2. The molecular weight excluding hydrogens is 379 g/mol. The lowest BCUT2D eigenvalue weighted by Crippen LogP contribution is -2.40. The van der Waals surface area contributed by atoms with Gasteiger partial charge < -0.3 is 9.88 Å². The van der Waals surface area contributed by atoms with Gasteiger partial charge in [-0.3, -0.25) is 4.79 Å².